The molecule has 0 amide bonds. The number of halogens is 5. The van der Waals surface area contributed by atoms with Crippen LogP contribution in [0.3, 0.4) is 0 Å². The molecule has 14 heteroatoms. The van der Waals surface area contributed by atoms with Crippen LogP contribution in [0.5, 0.6) is 11.9 Å². The highest BCUT2D eigenvalue weighted by Gasteiger charge is 2.44. The average Bonchev–Trinajstić information content (AvgIpc) is 3.70. The summed E-state index contributed by atoms with van der Waals surface area (Å²) in [6.07, 6.45) is -3.24. The number of hydrogen-bond donors (Lipinski definition) is 3. The van der Waals surface area contributed by atoms with E-state index in [0.717, 1.165) is 19.8 Å². The van der Waals surface area contributed by atoms with Gasteiger partial charge < -0.3 is 25.8 Å². The molecule has 0 radical (unpaired) electrons. The van der Waals surface area contributed by atoms with Gasteiger partial charge >= 0.3 is 12.2 Å². The van der Waals surface area contributed by atoms with Crippen molar-refractivity contribution in [3.63, 3.8) is 0 Å². The Morgan fingerprint density at radius 2 is 1.88 bits per heavy atom. The fourth-order valence-corrected chi connectivity index (χ4v) is 4.46. The van der Waals surface area contributed by atoms with E-state index < -0.39 is 57.5 Å². The fourth-order valence-electron chi connectivity index (χ4n) is 4.46. The second kappa shape index (κ2) is 12.1. The van der Waals surface area contributed by atoms with Crippen LogP contribution in [-0.4, -0.2) is 47.8 Å². The average molecular weight is 594 g/mol. The Labute approximate surface area is 239 Å². The lowest BCUT2D eigenvalue weighted by atomic mass is 9.96. The fraction of sp³-hybridized carbons (Fsp3) is 0.500. The molecule has 42 heavy (non-hydrogen) atoms. The minimum absolute atomic E-state index is 0.00136. The third-order valence-electron chi connectivity index (χ3n) is 7.27. The van der Waals surface area contributed by atoms with Crippen molar-refractivity contribution in [2.75, 3.05) is 37.8 Å². The Morgan fingerprint density at radius 1 is 1.17 bits per heavy atom. The summed E-state index contributed by atoms with van der Waals surface area (Å²) in [4.78, 5) is 12.8. The molecule has 1 aliphatic rings. The van der Waals surface area contributed by atoms with Gasteiger partial charge in [0.1, 0.15) is 28.2 Å². The maximum atomic E-state index is 16.4. The van der Waals surface area contributed by atoms with E-state index in [1.165, 1.54) is 0 Å². The number of nitrogen functional groups attached to an aromatic ring is 1. The number of aromatic nitrogens is 3. The smallest absolute Gasteiger partial charge is 0.417 e. The molecule has 2 heterocycles. The number of rotatable bonds is 12. The molecule has 0 aliphatic heterocycles. The maximum Gasteiger partial charge on any atom is 0.417 e. The number of fused-ring (bicyclic) bond motifs is 1. The molecule has 0 spiro atoms. The number of likely N-dealkylation sites (N-methyl/N-ethyl adjacent to an activating group) is 1. The summed E-state index contributed by atoms with van der Waals surface area (Å²) >= 11 is 0. The Morgan fingerprint density at radius 3 is 2.48 bits per heavy atom. The van der Waals surface area contributed by atoms with Crippen LogP contribution < -0.4 is 25.8 Å². The maximum absolute atomic E-state index is 16.4. The Bertz CT molecular complexity index is 1520. The van der Waals surface area contributed by atoms with Crippen molar-refractivity contribution in [2.24, 2.45) is 5.41 Å². The Kier molecular flexibility index (Phi) is 8.91. The highest BCUT2D eigenvalue weighted by atomic mass is 19.4. The second-order valence-electron chi connectivity index (χ2n) is 10.5. The minimum atomic E-state index is -5.06. The zero-order valence-electron chi connectivity index (χ0n) is 23.7. The first-order chi connectivity index (χ1) is 19.9. The van der Waals surface area contributed by atoms with Gasteiger partial charge in [-0.05, 0) is 51.8 Å². The van der Waals surface area contributed by atoms with Crippen LogP contribution in [0.4, 0.5) is 33.5 Å². The molecule has 1 unspecified atom stereocenters. The molecule has 1 atom stereocenters. The molecule has 1 fully saturated rings. The van der Waals surface area contributed by atoms with Gasteiger partial charge in [-0.15, -0.1) is 0 Å². The van der Waals surface area contributed by atoms with Crippen LogP contribution in [0.25, 0.3) is 22.2 Å². The van der Waals surface area contributed by atoms with Gasteiger partial charge in [-0.25, -0.2) is 13.8 Å². The first kappa shape index (κ1) is 31.0. The number of nitriles is 1. The van der Waals surface area contributed by atoms with Gasteiger partial charge in [0.15, 0.2) is 5.82 Å². The number of anilines is 2. The van der Waals surface area contributed by atoms with Crippen LogP contribution in [0.1, 0.15) is 50.7 Å². The molecule has 226 valence electrons. The van der Waals surface area contributed by atoms with Crippen molar-refractivity contribution in [1.29, 1.82) is 5.26 Å². The Balaban J connectivity index is 2.00. The molecule has 4 N–H and O–H groups in total. The summed E-state index contributed by atoms with van der Waals surface area (Å²) in [7, 11) is 1.73. The van der Waals surface area contributed by atoms with Crippen molar-refractivity contribution in [1.82, 2.24) is 20.3 Å². The molecule has 4 rings (SSSR count). The molecular formula is C28H32F5N7O2. The molecule has 0 bridgehead atoms. The lowest BCUT2D eigenvalue weighted by Crippen LogP contribution is -2.20. The number of nitrogens with two attached hydrogens (primary N) is 1. The summed E-state index contributed by atoms with van der Waals surface area (Å²) in [6, 6.07) is 2.59. The number of nitrogens with zero attached hydrogens (tertiary/aromatic N) is 4. The highest BCUT2D eigenvalue weighted by Crippen LogP contribution is 2.49. The van der Waals surface area contributed by atoms with E-state index in [4.69, 9.17) is 20.5 Å². The van der Waals surface area contributed by atoms with Gasteiger partial charge in [-0.2, -0.15) is 28.4 Å². The number of benzene rings is 1. The monoisotopic (exact) mass is 593 g/mol. The zero-order valence-corrected chi connectivity index (χ0v) is 23.7. The van der Waals surface area contributed by atoms with Crippen LogP contribution in [0.15, 0.2) is 6.07 Å². The number of alkyl halides is 3. The molecule has 2 aromatic heterocycles. The molecule has 1 saturated carbocycles. The van der Waals surface area contributed by atoms with Crippen molar-refractivity contribution in [3.8, 4) is 29.2 Å². The summed E-state index contributed by atoms with van der Waals surface area (Å²) < 4.78 is 85.4. The van der Waals surface area contributed by atoms with Crippen LogP contribution >= 0.6 is 0 Å². The van der Waals surface area contributed by atoms with Gasteiger partial charge in [0, 0.05) is 30.5 Å². The molecule has 1 aliphatic carbocycles. The van der Waals surface area contributed by atoms with E-state index in [0.29, 0.717) is 25.6 Å². The first-order valence-corrected chi connectivity index (χ1v) is 13.5. The van der Waals surface area contributed by atoms with Gasteiger partial charge in [-0.1, -0.05) is 6.92 Å². The molecule has 0 saturated heterocycles. The van der Waals surface area contributed by atoms with Crippen molar-refractivity contribution < 1.29 is 31.4 Å². The second-order valence-corrected chi connectivity index (χ2v) is 10.5. The third-order valence-corrected chi connectivity index (χ3v) is 7.27. The Hall–Kier alpha value is -3.99. The molecule has 1 aromatic carbocycles. The van der Waals surface area contributed by atoms with E-state index in [1.807, 2.05) is 6.92 Å². The van der Waals surface area contributed by atoms with Crippen LogP contribution in [0, 0.1) is 35.3 Å². The summed E-state index contributed by atoms with van der Waals surface area (Å²) in [5, 5.41) is 15.2. The van der Waals surface area contributed by atoms with Crippen molar-refractivity contribution in [3.05, 3.63) is 28.8 Å². The predicted octanol–water partition coefficient (Wildman–Crippen LogP) is 5.76. The van der Waals surface area contributed by atoms with E-state index in [1.54, 1.807) is 14.0 Å². The number of pyridine rings is 1. The van der Waals surface area contributed by atoms with Crippen LogP contribution in [0.2, 0.25) is 0 Å². The number of hydrogen-bond acceptors (Lipinski definition) is 9. The topological polar surface area (TPSA) is 131 Å². The zero-order chi connectivity index (χ0) is 30.8. The summed E-state index contributed by atoms with van der Waals surface area (Å²) in [5.41, 5.74) is 0.587. The highest BCUT2D eigenvalue weighted by molar-refractivity contribution is 5.96. The third kappa shape index (κ3) is 6.25. The standard InChI is InChI=1S/C28H32F5N7O2/c1-5-14(2)42-25-18-23(21(30)22(38-25)16-12-17(35)20(29)15(3)19(16)28(31,32)33)39-26(40-24(18)37-11-10-36-4)41-13-27(6-7-27)8-9-34/h12,14,36H,5-8,10-11,13,35H2,1-4H3,(H,37,39,40). The van der Waals surface area contributed by atoms with Crippen molar-refractivity contribution >= 4 is 22.4 Å². The first-order valence-electron chi connectivity index (χ1n) is 13.5. The number of nitrogens with one attached hydrogen (secondary N) is 2. The van der Waals surface area contributed by atoms with Gasteiger partial charge in [0.2, 0.25) is 5.88 Å². The molecular weight excluding hydrogens is 561 g/mol. The lowest BCUT2D eigenvalue weighted by Gasteiger charge is -2.21. The summed E-state index contributed by atoms with van der Waals surface area (Å²) in [6.45, 7) is 5.38. The van der Waals surface area contributed by atoms with Gasteiger partial charge in [-0.3, -0.25) is 0 Å². The number of ether oxygens (including phenoxy) is 2. The predicted molar refractivity (Wildman–Crippen MR) is 147 cm³/mol. The molecule has 9 nitrogen and oxygen atoms in total. The quantitative estimate of drug-likeness (QED) is 0.136. The van der Waals surface area contributed by atoms with Gasteiger partial charge in [0.25, 0.3) is 0 Å². The molecule has 3 aromatic rings. The SMILES string of the molecule is CCC(C)Oc1nc(-c2cc(N)c(F)c(C)c2C(F)(F)F)c(F)c2nc(OCC3(CC#N)CC3)nc(NCCNC)c12. The van der Waals surface area contributed by atoms with Gasteiger partial charge in [0.05, 0.1) is 30.0 Å². The van der Waals surface area contributed by atoms with E-state index in [-0.39, 0.29) is 41.5 Å². The van der Waals surface area contributed by atoms with E-state index in [2.05, 4.69) is 31.7 Å². The normalized spacial score (nSPS) is 14.9. The minimum Gasteiger partial charge on any atom is -0.474 e. The summed E-state index contributed by atoms with van der Waals surface area (Å²) in [5.74, 6) is -2.60. The van der Waals surface area contributed by atoms with Crippen molar-refractivity contribution in [2.45, 2.75) is 58.7 Å². The largest absolute Gasteiger partial charge is 0.474 e. The lowest BCUT2D eigenvalue weighted by molar-refractivity contribution is -0.137. The van der Waals surface area contributed by atoms with Crippen LogP contribution in [-0.2, 0) is 6.18 Å². The van der Waals surface area contributed by atoms with E-state index >= 15 is 4.39 Å². The van der Waals surface area contributed by atoms with E-state index in [9.17, 15) is 17.6 Å².